The van der Waals surface area contributed by atoms with Gasteiger partial charge in [-0.15, -0.1) is 0 Å². The van der Waals surface area contributed by atoms with Crippen molar-refractivity contribution >= 4 is 66.7 Å². The van der Waals surface area contributed by atoms with Gasteiger partial charge in [-0.2, -0.15) is 0 Å². The molecule has 0 heterocycles. The zero-order chi connectivity index (χ0) is 38.0. The number of benzene rings is 8. The molecule has 2 aliphatic carbocycles. The van der Waals surface area contributed by atoms with Crippen LogP contribution in [0.25, 0.3) is 56.0 Å². The summed E-state index contributed by atoms with van der Waals surface area (Å²) in [6, 6.07) is 66.5. The zero-order valence-corrected chi connectivity index (χ0v) is 37.5. The van der Waals surface area contributed by atoms with Crippen LogP contribution in [0.1, 0.15) is 43.5 Å². The Morgan fingerprint density at radius 3 is 1.20 bits per heavy atom. The molecule has 56 heavy (non-hydrogen) atoms. The molecule has 10 rings (SSSR count). The Hall–Kier alpha value is -4.57. The summed E-state index contributed by atoms with van der Waals surface area (Å²) < 4.78 is -0.204. The number of fused-ring (bicyclic) bond motifs is 4. The molecule has 4 heteroatoms. The van der Waals surface area contributed by atoms with Gasteiger partial charge in [0, 0.05) is 0 Å². The van der Waals surface area contributed by atoms with E-state index in [-0.39, 0.29) is 7.35 Å². The van der Waals surface area contributed by atoms with E-state index in [9.17, 15) is 17.2 Å². The summed E-state index contributed by atoms with van der Waals surface area (Å²) in [4.78, 5) is 0. The first-order chi connectivity index (χ1) is 27.3. The van der Waals surface area contributed by atoms with Gasteiger partial charge in [-0.05, 0) is 0 Å². The fraction of sp³-hybridized carbons (Fsp3) is 0.0769. The SMILES string of the molecule is CC1=Cc2c(-c3cccc4ccccc34)cccc2[CH]1[Hf]([Cl])([Cl])([CH]1C(C)=Cc2c(-c3cccc4ccccc34)cccc21)=[Si](c1ccccc1)c1ccccc1. The zero-order valence-electron chi connectivity index (χ0n) is 31.4. The first-order valence-corrected chi connectivity index (χ1v) is 39.4. The summed E-state index contributed by atoms with van der Waals surface area (Å²) in [6.45, 7) is 4.60. The van der Waals surface area contributed by atoms with Gasteiger partial charge in [0.1, 0.15) is 0 Å². The van der Waals surface area contributed by atoms with Crippen LogP contribution in [0.5, 0.6) is 0 Å². The van der Waals surface area contributed by atoms with Crippen LogP contribution in [0.2, 0.25) is 0 Å². The number of hydrogen-bond acceptors (Lipinski definition) is 0. The van der Waals surface area contributed by atoms with E-state index < -0.39 is 20.3 Å². The summed E-state index contributed by atoms with van der Waals surface area (Å²) in [5, 5.41) is 7.54. The minimum atomic E-state index is -5.69. The predicted octanol–water partition coefficient (Wildman–Crippen LogP) is 13.7. The Balaban J connectivity index is 1.31. The van der Waals surface area contributed by atoms with Crippen molar-refractivity contribution in [2.75, 3.05) is 0 Å². The van der Waals surface area contributed by atoms with E-state index in [1.807, 2.05) is 0 Å². The van der Waals surface area contributed by atoms with Crippen LogP contribution >= 0.6 is 17.2 Å². The summed E-state index contributed by atoms with van der Waals surface area (Å²) in [5.74, 6) is 0. The van der Waals surface area contributed by atoms with Gasteiger partial charge < -0.3 is 0 Å². The molecule has 0 radical (unpaired) electrons. The van der Waals surface area contributed by atoms with E-state index in [0.717, 1.165) is 0 Å². The normalized spacial score (nSPS) is 16.4. The standard InChI is InChI=1S/2C20H15.C12H10Si.2ClH.Hf/c2*1-14-12-16-8-5-11-19(20(16)13-14)18-10-4-7-15-6-2-3-9-17(15)18;1-3-7-11(8-4-1)13-12-9-5-2-6-10-12;;;/h2*2-13H,1H3;1-10H;2*1H;/q;;;;;+2/p-2. The Morgan fingerprint density at radius 2 is 0.750 bits per heavy atom. The van der Waals surface area contributed by atoms with E-state index in [0.29, 0.717) is 0 Å². The summed E-state index contributed by atoms with van der Waals surface area (Å²) in [5.41, 5.74) is 10.7. The van der Waals surface area contributed by atoms with Gasteiger partial charge in [-0.1, -0.05) is 0 Å². The van der Waals surface area contributed by atoms with Crippen LogP contribution in [0.4, 0.5) is 0 Å². The maximum atomic E-state index is 9.22. The van der Waals surface area contributed by atoms with Gasteiger partial charge in [0.15, 0.2) is 0 Å². The molecule has 0 nitrogen and oxygen atoms in total. The Bertz CT molecular complexity index is 2800. The average Bonchev–Trinajstić information content (AvgIpc) is 3.78. The summed E-state index contributed by atoms with van der Waals surface area (Å²) >= 11 is -5.69. The van der Waals surface area contributed by atoms with Gasteiger partial charge in [-0.25, -0.2) is 0 Å². The van der Waals surface area contributed by atoms with Crippen LogP contribution in [0, 0.1) is 0 Å². The molecule has 2 atom stereocenters. The van der Waals surface area contributed by atoms with Crippen molar-refractivity contribution < 1.29 is 14.8 Å². The number of rotatable bonds is 6. The molecule has 0 bridgehead atoms. The summed E-state index contributed by atoms with van der Waals surface area (Å²) in [6.07, 6.45) is 4.85. The molecule has 0 aliphatic heterocycles. The molecule has 270 valence electrons. The second-order valence-corrected chi connectivity index (χ2v) is 64.2. The number of hydrogen-bond donors (Lipinski definition) is 0. The fourth-order valence-electron chi connectivity index (χ4n) is 10.3. The second-order valence-electron chi connectivity index (χ2n) is 15.6. The van der Waals surface area contributed by atoms with E-state index in [2.05, 4.69) is 208 Å². The molecule has 0 saturated heterocycles. The van der Waals surface area contributed by atoms with Crippen LogP contribution < -0.4 is 10.4 Å². The molecule has 8 aromatic carbocycles. The van der Waals surface area contributed by atoms with Crippen molar-refractivity contribution in [3.63, 3.8) is 0 Å². The van der Waals surface area contributed by atoms with Gasteiger partial charge in [0.05, 0.1) is 0 Å². The van der Waals surface area contributed by atoms with E-state index in [4.69, 9.17) is 0 Å². The topological polar surface area (TPSA) is 0 Å². The second kappa shape index (κ2) is 13.8. The monoisotopic (exact) mass is 942 g/mol. The van der Waals surface area contributed by atoms with Crippen molar-refractivity contribution in [1.82, 2.24) is 0 Å². The average molecular weight is 942 g/mol. The van der Waals surface area contributed by atoms with Crippen molar-refractivity contribution in [1.29, 1.82) is 0 Å². The molecular weight excluding hydrogens is 902 g/mol. The molecule has 0 amide bonds. The molecular formula is C52H40Cl2HfSi. The van der Waals surface area contributed by atoms with Gasteiger partial charge in [-0.3, -0.25) is 0 Å². The Kier molecular flexibility index (Phi) is 8.84. The van der Waals surface area contributed by atoms with Crippen LogP contribution in [0.15, 0.2) is 193 Å². The van der Waals surface area contributed by atoms with Crippen molar-refractivity contribution in [3.8, 4) is 22.3 Å². The number of halogens is 2. The third kappa shape index (κ3) is 5.48. The first-order valence-electron chi connectivity index (χ1n) is 19.5. The van der Waals surface area contributed by atoms with Crippen molar-refractivity contribution in [2.45, 2.75) is 21.2 Å². The molecule has 0 aromatic heterocycles. The molecule has 2 aliphatic rings. The third-order valence-electron chi connectivity index (χ3n) is 12.4. The van der Waals surface area contributed by atoms with Crippen LogP contribution in [-0.4, -0.2) is 5.49 Å². The van der Waals surface area contributed by atoms with Crippen molar-refractivity contribution in [2.24, 2.45) is 0 Å². The van der Waals surface area contributed by atoms with E-state index in [1.54, 1.807) is 0 Å². The Labute approximate surface area is 337 Å². The Morgan fingerprint density at radius 1 is 0.393 bits per heavy atom. The molecule has 0 spiro atoms. The van der Waals surface area contributed by atoms with Crippen molar-refractivity contribution in [3.05, 3.63) is 215 Å². The minimum absolute atomic E-state index is 0.102. The maximum absolute atomic E-state index is 9.22. The molecule has 0 N–H and O–H groups in total. The summed E-state index contributed by atoms with van der Waals surface area (Å²) in [7, 11) is 18.4. The quantitative estimate of drug-likeness (QED) is 0.146. The van der Waals surface area contributed by atoms with E-state index in [1.165, 1.54) is 87.6 Å². The van der Waals surface area contributed by atoms with E-state index >= 15 is 0 Å². The van der Waals surface area contributed by atoms with Crippen LogP contribution in [-0.2, 0) is 14.8 Å². The molecule has 0 fully saturated rings. The molecule has 0 saturated carbocycles. The third-order valence-corrected chi connectivity index (χ3v) is 65.9. The fourth-order valence-corrected chi connectivity index (χ4v) is 75.2. The van der Waals surface area contributed by atoms with Gasteiger partial charge >= 0.3 is 340 Å². The van der Waals surface area contributed by atoms with Gasteiger partial charge in [0.2, 0.25) is 0 Å². The molecule has 2 unspecified atom stereocenters. The number of allylic oxidation sites excluding steroid dienone is 2. The molecule has 8 aromatic rings. The first kappa shape index (κ1) is 35.8. The van der Waals surface area contributed by atoms with Gasteiger partial charge in [0.25, 0.3) is 0 Å². The predicted molar refractivity (Wildman–Crippen MR) is 241 cm³/mol. The van der Waals surface area contributed by atoms with Crippen LogP contribution in [0.3, 0.4) is 0 Å².